The molecular weight excluding hydrogens is 334 g/mol. The third kappa shape index (κ3) is 4.14. The van der Waals surface area contributed by atoms with E-state index in [0.717, 1.165) is 5.56 Å². The lowest BCUT2D eigenvalue weighted by Gasteiger charge is -2.27. The van der Waals surface area contributed by atoms with E-state index in [1.807, 2.05) is 36.4 Å². The molecule has 1 aliphatic heterocycles. The number of carbonyl (C=O) groups is 2. The molecule has 0 radical (unpaired) electrons. The molecule has 1 aliphatic rings. The molecule has 0 unspecified atom stereocenters. The van der Waals surface area contributed by atoms with E-state index in [1.165, 1.54) is 4.90 Å². The normalized spacial score (nSPS) is 16.5. The number of ether oxygens (including phenoxy) is 3. The average Bonchev–Trinajstić information content (AvgIpc) is 2.67. The van der Waals surface area contributed by atoms with Crippen molar-refractivity contribution in [3.63, 3.8) is 0 Å². The first-order chi connectivity index (χ1) is 12.5. The average molecular weight is 355 g/mol. The molecule has 0 fully saturated rings. The van der Waals surface area contributed by atoms with Crippen LogP contribution in [0.1, 0.15) is 12.5 Å². The maximum Gasteiger partial charge on any atom is 0.351 e. The SMILES string of the molecule is C[C@@H](OC(=O)[C@@H]1COc2ccccc2O1)C(=O)N(C)Cc1ccccc1. The fourth-order valence-corrected chi connectivity index (χ4v) is 2.68. The van der Waals surface area contributed by atoms with Gasteiger partial charge in [-0.25, -0.2) is 4.79 Å². The molecular formula is C20H21NO5. The molecule has 0 aromatic heterocycles. The van der Waals surface area contributed by atoms with Crippen LogP contribution >= 0.6 is 0 Å². The summed E-state index contributed by atoms with van der Waals surface area (Å²) in [7, 11) is 1.68. The van der Waals surface area contributed by atoms with Crippen molar-refractivity contribution in [2.75, 3.05) is 13.7 Å². The van der Waals surface area contributed by atoms with Crippen LogP contribution in [-0.4, -0.2) is 42.6 Å². The molecule has 2 atom stereocenters. The number of nitrogens with zero attached hydrogens (tertiary/aromatic N) is 1. The van der Waals surface area contributed by atoms with Gasteiger partial charge in [0.15, 0.2) is 17.6 Å². The van der Waals surface area contributed by atoms with Gasteiger partial charge in [0.2, 0.25) is 6.10 Å². The molecule has 26 heavy (non-hydrogen) atoms. The Bertz CT molecular complexity index is 777. The third-order valence-electron chi connectivity index (χ3n) is 4.05. The van der Waals surface area contributed by atoms with Crippen molar-refractivity contribution in [2.24, 2.45) is 0 Å². The zero-order chi connectivity index (χ0) is 18.5. The lowest BCUT2D eigenvalue weighted by atomic mass is 10.2. The van der Waals surface area contributed by atoms with Crippen molar-refractivity contribution >= 4 is 11.9 Å². The van der Waals surface area contributed by atoms with Gasteiger partial charge in [-0.3, -0.25) is 4.79 Å². The number of amides is 1. The van der Waals surface area contributed by atoms with Gasteiger partial charge in [0.05, 0.1) is 0 Å². The Morgan fingerprint density at radius 3 is 2.50 bits per heavy atom. The second kappa shape index (κ2) is 7.91. The predicted molar refractivity (Wildman–Crippen MR) is 94.8 cm³/mol. The first-order valence-corrected chi connectivity index (χ1v) is 8.42. The van der Waals surface area contributed by atoms with Gasteiger partial charge in [-0.2, -0.15) is 0 Å². The van der Waals surface area contributed by atoms with Gasteiger partial charge in [0.25, 0.3) is 5.91 Å². The smallest absolute Gasteiger partial charge is 0.351 e. The van der Waals surface area contributed by atoms with Crippen LogP contribution in [0.2, 0.25) is 0 Å². The van der Waals surface area contributed by atoms with E-state index >= 15 is 0 Å². The van der Waals surface area contributed by atoms with E-state index < -0.39 is 18.2 Å². The lowest BCUT2D eigenvalue weighted by Crippen LogP contribution is -2.43. The van der Waals surface area contributed by atoms with Crippen LogP contribution in [0.4, 0.5) is 0 Å². The number of carbonyl (C=O) groups excluding carboxylic acids is 2. The van der Waals surface area contributed by atoms with Crippen LogP contribution in [0.3, 0.4) is 0 Å². The van der Waals surface area contributed by atoms with Gasteiger partial charge < -0.3 is 19.1 Å². The minimum atomic E-state index is -0.906. The second-order valence-corrected chi connectivity index (χ2v) is 6.12. The molecule has 1 heterocycles. The molecule has 0 spiro atoms. The summed E-state index contributed by atoms with van der Waals surface area (Å²) in [4.78, 5) is 26.3. The Labute approximate surface area is 152 Å². The number of para-hydroxylation sites is 2. The summed E-state index contributed by atoms with van der Waals surface area (Å²) in [6.45, 7) is 2.05. The second-order valence-electron chi connectivity index (χ2n) is 6.12. The van der Waals surface area contributed by atoms with Crippen LogP contribution in [0.15, 0.2) is 54.6 Å². The minimum absolute atomic E-state index is 0.0522. The zero-order valence-electron chi connectivity index (χ0n) is 14.8. The molecule has 2 aromatic carbocycles. The highest BCUT2D eigenvalue weighted by Crippen LogP contribution is 2.31. The monoisotopic (exact) mass is 355 g/mol. The Morgan fingerprint density at radius 1 is 1.12 bits per heavy atom. The largest absolute Gasteiger partial charge is 0.485 e. The topological polar surface area (TPSA) is 65.1 Å². The third-order valence-corrected chi connectivity index (χ3v) is 4.05. The van der Waals surface area contributed by atoms with Crippen LogP contribution in [0.5, 0.6) is 11.5 Å². The summed E-state index contributed by atoms with van der Waals surface area (Å²) in [6, 6.07) is 16.7. The van der Waals surface area contributed by atoms with Crippen molar-refractivity contribution in [3.8, 4) is 11.5 Å². The van der Waals surface area contributed by atoms with Crippen molar-refractivity contribution in [1.82, 2.24) is 4.90 Å². The first-order valence-electron chi connectivity index (χ1n) is 8.42. The Balaban J connectivity index is 1.54. The number of hydrogen-bond acceptors (Lipinski definition) is 5. The van der Waals surface area contributed by atoms with Crippen LogP contribution in [-0.2, 0) is 20.9 Å². The molecule has 6 heteroatoms. The maximum absolute atomic E-state index is 12.4. The highest BCUT2D eigenvalue weighted by molar-refractivity contribution is 5.84. The molecule has 2 aromatic rings. The Kier molecular flexibility index (Phi) is 5.41. The molecule has 6 nitrogen and oxygen atoms in total. The zero-order valence-corrected chi connectivity index (χ0v) is 14.8. The number of benzene rings is 2. The maximum atomic E-state index is 12.4. The van der Waals surface area contributed by atoms with Crippen LogP contribution < -0.4 is 9.47 Å². The molecule has 136 valence electrons. The number of fused-ring (bicyclic) bond motifs is 1. The van der Waals surface area contributed by atoms with Gasteiger partial charge >= 0.3 is 5.97 Å². The molecule has 0 bridgehead atoms. The Morgan fingerprint density at radius 2 is 1.77 bits per heavy atom. The number of rotatable bonds is 5. The van der Waals surface area contributed by atoms with E-state index in [2.05, 4.69) is 0 Å². The molecule has 0 saturated carbocycles. The Hall–Kier alpha value is -3.02. The van der Waals surface area contributed by atoms with Crippen molar-refractivity contribution < 1.29 is 23.8 Å². The molecule has 0 aliphatic carbocycles. The molecule has 0 N–H and O–H groups in total. The van der Waals surface area contributed by atoms with Crippen LogP contribution in [0.25, 0.3) is 0 Å². The van der Waals surface area contributed by atoms with E-state index in [9.17, 15) is 9.59 Å². The van der Waals surface area contributed by atoms with E-state index in [1.54, 1.807) is 32.2 Å². The standard InChI is InChI=1S/C20H21NO5/c1-14(19(22)21(2)12-15-8-4-3-5-9-15)25-20(23)18-13-24-16-10-6-7-11-17(16)26-18/h3-11,14,18H,12-13H2,1-2H3/t14-,18+/m1/s1. The fraction of sp³-hybridized carbons (Fsp3) is 0.300. The predicted octanol–water partition coefficient (Wildman–Crippen LogP) is 2.42. The first kappa shape index (κ1) is 17.8. The summed E-state index contributed by atoms with van der Waals surface area (Å²) in [5.41, 5.74) is 1.00. The fourth-order valence-electron chi connectivity index (χ4n) is 2.68. The number of likely N-dealkylation sites (N-methyl/N-ethyl adjacent to an activating group) is 1. The highest BCUT2D eigenvalue weighted by Gasteiger charge is 2.31. The van der Waals surface area contributed by atoms with E-state index in [-0.39, 0.29) is 12.5 Å². The lowest BCUT2D eigenvalue weighted by molar-refractivity contribution is -0.166. The van der Waals surface area contributed by atoms with E-state index in [0.29, 0.717) is 18.0 Å². The van der Waals surface area contributed by atoms with E-state index in [4.69, 9.17) is 14.2 Å². The summed E-state index contributed by atoms with van der Waals surface area (Å²) in [6.07, 6.45) is -1.79. The summed E-state index contributed by atoms with van der Waals surface area (Å²) < 4.78 is 16.4. The molecule has 3 rings (SSSR count). The quantitative estimate of drug-likeness (QED) is 0.771. The minimum Gasteiger partial charge on any atom is -0.485 e. The van der Waals surface area contributed by atoms with Gasteiger partial charge in [-0.15, -0.1) is 0 Å². The highest BCUT2D eigenvalue weighted by atomic mass is 16.6. The summed E-state index contributed by atoms with van der Waals surface area (Å²) in [5.74, 6) is 0.178. The van der Waals surface area contributed by atoms with Gasteiger partial charge in [0, 0.05) is 13.6 Å². The number of hydrogen-bond donors (Lipinski definition) is 0. The summed E-state index contributed by atoms with van der Waals surface area (Å²) in [5, 5.41) is 0. The number of esters is 1. The van der Waals surface area contributed by atoms with Gasteiger partial charge in [-0.05, 0) is 24.6 Å². The van der Waals surface area contributed by atoms with Crippen molar-refractivity contribution in [3.05, 3.63) is 60.2 Å². The summed E-state index contributed by atoms with van der Waals surface area (Å²) >= 11 is 0. The van der Waals surface area contributed by atoms with Crippen molar-refractivity contribution in [2.45, 2.75) is 25.7 Å². The van der Waals surface area contributed by atoms with Crippen molar-refractivity contribution in [1.29, 1.82) is 0 Å². The molecule has 1 amide bonds. The van der Waals surface area contributed by atoms with Crippen LogP contribution in [0, 0.1) is 0 Å². The van der Waals surface area contributed by atoms with Gasteiger partial charge in [-0.1, -0.05) is 42.5 Å². The van der Waals surface area contributed by atoms with Gasteiger partial charge in [0.1, 0.15) is 6.61 Å². The molecule has 0 saturated heterocycles.